The molecule has 2 N–H and O–H groups in total. The molecule has 0 bridgehead atoms. The van der Waals surface area contributed by atoms with E-state index in [2.05, 4.69) is 4.72 Å². The molecule has 1 rings (SSSR count). The van der Waals surface area contributed by atoms with Crippen molar-refractivity contribution in [2.45, 2.75) is 17.9 Å². The maximum absolute atomic E-state index is 12.3. The number of nitrogens with zero attached hydrogens (tertiary/aromatic N) is 1. The topological polar surface area (TPSA) is 95.9 Å². The Kier molecular flexibility index (Phi) is 5.70. The fourth-order valence-corrected chi connectivity index (χ4v) is 2.78. The quantitative estimate of drug-likeness (QED) is 0.765. The van der Waals surface area contributed by atoms with Gasteiger partial charge in [-0.25, -0.2) is 17.9 Å². The molecule has 0 heterocycles. The largest absolute Gasteiger partial charge is 0.495 e. The number of sulfonamides is 1. The van der Waals surface area contributed by atoms with Gasteiger partial charge >= 0.3 is 5.97 Å². The zero-order valence-corrected chi connectivity index (χ0v) is 13.3. The van der Waals surface area contributed by atoms with Crippen LogP contribution in [-0.4, -0.2) is 58.2 Å². The first-order valence-corrected chi connectivity index (χ1v) is 7.74. The standard InChI is InChI=1S/C13H20N2O5S/c1-9(15(2)3)8-14-21(18,19)12-6-5-10(13(16)17)7-11(12)20-4/h5-7,9,14H,8H2,1-4H3,(H,16,17). The molecule has 0 saturated heterocycles. The molecule has 0 saturated carbocycles. The van der Waals surface area contributed by atoms with E-state index < -0.39 is 16.0 Å². The minimum absolute atomic E-state index is 0.0000869. The number of methoxy groups -OCH3 is 1. The average molecular weight is 316 g/mol. The van der Waals surface area contributed by atoms with Crippen molar-refractivity contribution in [1.82, 2.24) is 9.62 Å². The van der Waals surface area contributed by atoms with E-state index in [0.717, 1.165) is 0 Å². The molecule has 0 aliphatic rings. The van der Waals surface area contributed by atoms with Crippen molar-refractivity contribution < 1.29 is 23.1 Å². The average Bonchev–Trinajstić information content (AvgIpc) is 2.43. The molecule has 0 aliphatic heterocycles. The van der Waals surface area contributed by atoms with Crippen LogP contribution in [0, 0.1) is 0 Å². The lowest BCUT2D eigenvalue weighted by Gasteiger charge is -2.20. The second kappa shape index (κ2) is 6.88. The molecule has 1 aromatic carbocycles. The fourth-order valence-electron chi connectivity index (χ4n) is 1.51. The second-order valence-electron chi connectivity index (χ2n) is 4.84. The third-order valence-corrected chi connectivity index (χ3v) is 4.61. The molecule has 1 atom stereocenters. The molecule has 118 valence electrons. The number of hydrogen-bond donors (Lipinski definition) is 2. The van der Waals surface area contributed by atoms with Crippen LogP contribution in [0.15, 0.2) is 23.1 Å². The summed E-state index contributed by atoms with van der Waals surface area (Å²) in [5, 5.41) is 8.91. The SMILES string of the molecule is COc1cc(C(=O)O)ccc1S(=O)(=O)NCC(C)N(C)C. The summed E-state index contributed by atoms with van der Waals surface area (Å²) in [6, 6.07) is 3.66. The van der Waals surface area contributed by atoms with Gasteiger partial charge in [0, 0.05) is 12.6 Å². The van der Waals surface area contributed by atoms with Crippen LogP contribution in [0.25, 0.3) is 0 Å². The number of aromatic carboxylic acids is 1. The number of nitrogens with one attached hydrogen (secondary N) is 1. The molecule has 0 fully saturated rings. The van der Waals surface area contributed by atoms with E-state index in [0.29, 0.717) is 0 Å². The Balaban J connectivity index is 3.05. The number of hydrogen-bond acceptors (Lipinski definition) is 5. The van der Waals surface area contributed by atoms with Gasteiger partial charge in [0.25, 0.3) is 0 Å². The Morgan fingerprint density at radius 1 is 1.43 bits per heavy atom. The van der Waals surface area contributed by atoms with E-state index in [-0.39, 0.29) is 28.8 Å². The van der Waals surface area contributed by atoms with Gasteiger partial charge in [0.2, 0.25) is 10.0 Å². The lowest BCUT2D eigenvalue weighted by atomic mass is 10.2. The van der Waals surface area contributed by atoms with Gasteiger partial charge in [-0.2, -0.15) is 0 Å². The third kappa shape index (κ3) is 4.42. The molecular weight excluding hydrogens is 296 g/mol. The summed E-state index contributed by atoms with van der Waals surface area (Å²) >= 11 is 0. The summed E-state index contributed by atoms with van der Waals surface area (Å²) in [6.07, 6.45) is 0. The van der Waals surface area contributed by atoms with Crippen molar-refractivity contribution in [1.29, 1.82) is 0 Å². The summed E-state index contributed by atoms with van der Waals surface area (Å²) in [5.41, 5.74) is -0.0348. The van der Waals surface area contributed by atoms with Crippen LogP contribution in [-0.2, 0) is 10.0 Å². The Labute approximate surface area is 124 Å². The van der Waals surface area contributed by atoms with Crippen molar-refractivity contribution in [2.24, 2.45) is 0 Å². The summed E-state index contributed by atoms with van der Waals surface area (Å²) in [5.74, 6) is -1.15. The zero-order chi connectivity index (χ0) is 16.2. The fraction of sp³-hybridized carbons (Fsp3) is 0.462. The predicted octanol–water partition coefficient (Wildman–Crippen LogP) is 0.622. The van der Waals surface area contributed by atoms with Crippen molar-refractivity contribution in [2.75, 3.05) is 27.7 Å². The molecule has 0 spiro atoms. The highest BCUT2D eigenvalue weighted by molar-refractivity contribution is 7.89. The number of carbonyl (C=O) groups is 1. The molecule has 0 aliphatic carbocycles. The molecule has 7 nitrogen and oxygen atoms in total. The summed E-state index contributed by atoms with van der Waals surface area (Å²) < 4.78 is 32.0. The minimum atomic E-state index is -3.77. The van der Waals surface area contributed by atoms with Crippen LogP contribution >= 0.6 is 0 Å². The summed E-state index contributed by atoms with van der Waals surface area (Å²) in [6.45, 7) is 2.12. The van der Waals surface area contributed by atoms with Gasteiger partial charge in [0.05, 0.1) is 12.7 Å². The molecule has 1 aromatic rings. The Morgan fingerprint density at radius 2 is 2.05 bits per heavy atom. The van der Waals surface area contributed by atoms with E-state index >= 15 is 0 Å². The van der Waals surface area contributed by atoms with E-state index in [1.54, 1.807) is 0 Å². The Morgan fingerprint density at radius 3 is 2.52 bits per heavy atom. The third-order valence-electron chi connectivity index (χ3n) is 3.15. The summed E-state index contributed by atoms with van der Waals surface area (Å²) in [7, 11) is 1.22. The molecule has 0 radical (unpaired) electrons. The Hall–Kier alpha value is -1.64. The number of rotatable bonds is 7. The number of benzene rings is 1. The predicted molar refractivity (Wildman–Crippen MR) is 78.3 cm³/mol. The molecule has 21 heavy (non-hydrogen) atoms. The molecule has 1 unspecified atom stereocenters. The first-order chi connectivity index (χ1) is 9.69. The summed E-state index contributed by atoms with van der Waals surface area (Å²) in [4.78, 5) is 12.7. The maximum Gasteiger partial charge on any atom is 0.335 e. The van der Waals surface area contributed by atoms with Crippen LogP contribution in [0.4, 0.5) is 0 Å². The first-order valence-electron chi connectivity index (χ1n) is 6.26. The molecule has 8 heteroatoms. The monoisotopic (exact) mass is 316 g/mol. The van der Waals surface area contributed by atoms with Gasteiger partial charge in [0.15, 0.2) is 0 Å². The van der Waals surface area contributed by atoms with Gasteiger partial charge in [-0.1, -0.05) is 0 Å². The van der Waals surface area contributed by atoms with Crippen molar-refractivity contribution in [3.63, 3.8) is 0 Å². The normalized spacial score (nSPS) is 13.2. The van der Waals surface area contributed by atoms with E-state index in [4.69, 9.17) is 9.84 Å². The molecule has 0 amide bonds. The number of likely N-dealkylation sites (N-methyl/N-ethyl adjacent to an activating group) is 1. The van der Waals surface area contributed by atoms with Crippen LogP contribution in [0.2, 0.25) is 0 Å². The van der Waals surface area contributed by atoms with Crippen molar-refractivity contribution >= 4 is 16.0 Å². The van der Waals surface area contributed by atoms with Gasteiger partial charge in [-0.05, 0) is 39.2 Å². The minimum Gasteiger partial charge on any atom is -0.495 e. The van der Waals surface area contributed by atoms with Crippen LogP contribution in [0.5, 0.6) is 5.75 Å². The van der Waals surface area contributed by atoms with E-state index in [1.165, 1.54) is 25.3 Å². The number of ether oxygens (including phenoxy) is 1. The smallest absolute Gasteiger partial charge is 0.335 e. The highest BCUT2D eigenvalue weighted by Crippen LogP contribution is 2.24. The van der Waals surface area contributed by atoms with Crippen LogP contribution in [0.3, 0.4) is 0 Å². The van der Waals surface area contributed by atoms with Gasteiger partial charge in [-0.3, -0.25) is 0 Å². The first kappa shape index (κ1) is 17.4. The highest BCUT2D eigenvalue weighted by atomic mass is 32.2. The highest BCUT2D eigenvalue weighted by Gasteiger charge is 2.21. The Bertz CT molecular complexity index is 613. The van der Waals surface area contributed by atoms with Crippen LogP contribution in [0.1, 0.15) is 17.3 Å². The van der Waals surface area contributed by atoms with Gasteiger partial charge in [0.1, 0.15) is 10.6 Å². The zero-order valence-electron chi connectivity index (χ0n) is 12.5. The molecule has 0 aromatic heterocycles. The van der Waals surface area contributed by atoms with Gasteiger partial charge in [-0.15, -0.1) is 0 Å². The van der Waals surface area contributed by atoms with Crippen LogP contribution < -0.4 is 9.46 Å². The maximum atomic E-state index is 12.3. The molecular formula is C13H20N2O5S. The van der Waals surface area contributed by atoms with E-state index in [9.17, 15) is 13.2 Å². The number of carboxylic acids is 1. The van der Waals surface area contributed by atoms with Gasteiger partial charge < -0.3 is 14.7 Å². The van der Waals surface area contributed by atoms with E-state index in [1.807, 2.05) is 25.9 Å². The lowest BCUT2D eigenvalue weighted by molar-refractivity contribution is 0.0696. The van der Waals surface area contributed by atoms with Crippen molar-refractivity contribution in [3.05, 3.63) is 23.8 Å². The van der Waals surface area contributed by atoms with Crippen molar-refractivity contribution in [3.8, 4) is 5.75 Å². The second-order valence-corrected chi connectivity index (χ2v) is 6.57. The number of carboxylic acid groups (broad SMARTS) is 1. The lowest BCUT2D eigenvalue weighted by Crippen LogP contribution is -2.38.